The lowest BCUT2D eigenvalue weighted by Gasteiger charge is -2.34. The molecule has 0 spiro atoms. The summed E-state index contributed by atoms with van der Waals surface area (Å²) in [5.74, 6) is 0.480. The molecule has 134 valence electrons. The minimum absolute atomic E-state index is 0. The van der Waals surface area contributed by atoms with Crippen LogP contribution in [0.15, 0.2) is 30.3 Å². The molecule has 2 heterocycles. The van der Waals surface area contributed by atoms with Crippen LogP contribution in [0.3, 0.4) is 0 Å². The second kappa shape index (κ2) is 9.40. The molecule has 4 nitrogen and oxygen atoms in total. The molecule has 0 unspecified atom stereocenters. The Labute approximate surface area is 151 Å². The summed E-state index contributed by atoms with van der Waals surface area (Å²) in [5, 5.41) is 6.71. The number of nitrogens with one attached hydrogen (secondary N) is 2. The van der Waals surface area contributed by atoms with E-state index in [2.05, 4.69) is 52.8 Å². The van der Waals surface area contributed by atoms with Crippen LogP contribution in [0.25, 0.3) is 0 Å². The number of carbonyl (C=O) groups is 1. The highest BCUT2D eigenvalue weighted by Crippen LogP contribution is 2.18. The standard InChI is InChI=1S/C19H29N3O.ClH/c1-15-13-17(7-10-20-15)19(23)21-18-8-11-22(12-9-18)14-16-5-3-2-4-6-16;/h2-6,15,17-18,20H,7-14H2,1H3,(H,21,23);1H/t15-,17-;/m0./s1. The van der Waals surface area contributed by atoms with Crippen molar-refractivity contribution in [1.29, 1.82) is 0 Å². The average Bonchev–Trinajstić information content (AvgIpc) is 2.57. The van der Waals surface area contributed by atoms with Gasteiger partial charge < -0.3 is 10.6 Å². The number of rotatable bonds is 4. The highest BCUT2D eigenvalue weighted by molar-refractivity contribution is 5.85. The van der Waals surface area contributed by atoms with E-state index >= 15 is 0 Å². The highest BCUT2D eigenvalue weighted by atomic mass is 35.5. The van der Waals surface area contributed by atoms with Crippen molar-refractivity contribution in [2.45, 2.75) is 51.2 Å². The van der Waals surface area contributed by atoms with E-state index in [9.17, 15) is 4.79 Å². The second-order valence-electron chi connectivity index (χ2n) is 7.12. The third-order valence-corrected chi connectivity index (χ3v) is 5.18. The monoisotopic (exact) mass is 351 g/mol. The van der Waals surface area contributed by atoms with Crippen LogP contribution in [0.1, 0.15) is 38.2 Å². The zero-order valence-corrected chi connectivity index (χ0v) is 15.4. The first-order chi connectivity index (χ1) is 11.2. The number of amides is 1. The molecule has 5 heteroatoms. The van der Waals surface area contributed by atoms with Gasteiger partial charge in [0.1, 0.15) is 0 Å². The summed E-state index contributed by atoms with van der Waals surface area (Å²) in [5.41, 5.74) is 1.37. The summed E-state index contributed by atoms with van der Waals surface area (Å²) in [4.78, 5) is 14.9. The molecule has 1 amide bonds. The topological polar surface area (TPSA) is 44.4 Å². The first-order valence-electron chi connectivity index (χ1n) is 9.01. The quantitative estimate of drug-likeness (QED) is 0.876. The fourth-order valence-corrected chi connectivity index (χ4v) is 3.77. The molecule has 2 saturated heterocycles. The van der Waals surface area contributed by atoms with Gasteiger partial charge in [-0.2, -0.15) is 0 Å². The van der Waals surface area contributed by atoms with Crippen molar-refractivity contribution in [3.05, 3.63) is 35.9 Å². The summed E-state index contributed by atoms with van der Waals surface area (Å²) >= 11 is 0. The Bertz CT molecular complexity index is 503. The van der Waals surface area contributed by atoms with E-state index in [0.717, 1.165) is 51.9 Å². The molecule has 0 aliphatic carbocycles. The van der Waals surface area contributed by atoms with E-state index in [-0.39, 0.29) is 24.2 Å². The van der Waals surface area contributed by atoms with Gasteiger partial charge in [0.05, 0.1) is 0 Å². The van der Waals surface area contributed by atoms with E-state index < -0.39 is 0 Å². The molecule has 0 saturated carbocycles. The SMILES string of the molecule is C[C@H]1C[C@@H](C(=O)NC2CCN(Cc3ccccc3)CC2)CCN1.Cl. The van der Waals surface area contributed by atoms with E-state index in [4.69, 9.17) is 0 Å². The Morgan fingerprint density at radius 1 is 1.21 bits per heavy atom. The zero-order valence-electron chi connectivity index (χ0n) is 14.5. The van der Waals surface area contributed by atoms with Gasteiger partial charge in [-0.25, -0.2) is 0 Å². The maximum atomic E-state index is 12.4. The summed E-state index contributed by atoms with van der Waals surface area (Å²) in [6, 6.07) is 11.5. The highest BCUT2D eigenvalue weighted by Gasteiger charge is 2.27. The van der Waals surface area contributed by atoms with Gasteiger partial charge in [0.2, 0.25) is 5.91 Å². The smallest absolute Gasteiger partial charge is 0.223 e. The van der Waals surface area contributed by atoms with Crippen LogP contribution < -0.4 is 10.6 Å². The molecular formula is C19H30ClN3O. The van der Waals surface area contributed by atoms with Crippen molar-refractivity contribution >= 4 is 18.3 Å². The number of hydrogen-bond acceptors (Lipinski definition) is 3. The number of benzene rings is 1. The zero-order chi connectivity index (χ0) is 16.1. The fourth-order valence-electron chi connectivity index (χ4n) is 3.77. The molecule has 1 aromatic rings. The molecule has 2 fully saturated rings. The molecule has 0 radical (unpaired) electrons. The van der Waals surface area contributed by atoms with Gasteiger partial charge in [0.15, 0.2) is 0 Å². The first kappa shape index (κ1) is 19.2. The predicted octanol–water partition coefficient (Wildman–Crippen LogP) is 2.58. The van der Waals surface area contributed by atoms with Crippen LogP contribution in [0.2, 0.25) is 0 Å². The number of hydrogen-bond donors (Lipinski definition) is 2. The summed E-state index contributed by atoms with van der Waals surface area (Å²) < 4.78 is 0. The van der Waals surface area contributed by atoms with Crippen LogP contribution >= 0.6 is 12.4 Å². The van der Waals surface area contributed by atoms with Gasteiger partial charge in [-0.05, 0) is 44.7 Å². The van der Waals surface area contributed by atoms with Crippen LogP contribution in [-0.4, -0.2) is 42.5 Å². The fraction of sp³-hybridized carbons (Fsp3) is 0.632. The molecule has 24 heavy (non-hydrogen) atoms. The third kappa shape index (κ3) is 5.47. The van der Waals surface area contributed by atoms with E-state index in [1.807, 2.05) is 0 Å². The number of carbonyl (C=O) groups excluding carboxylic acids is 1. The van der Waals surface area contributed by atoms with Crippen LogP contribution in [-0.2, 0) is 11.3 Å². The minimum Gasteiger partial charge on any atom is -0.353 e. The Hall–Kier alpha value is -1.10. The normalized spacial score (nSPS) is 25.7. The number of halogens is 1. The molecule has 2 atom stereocenters. The van der Waals surface area contributed by atoms with Crippen molar-refractivity contribution in [2.24, 2.45) is 5.92 Å². The van der Waals surface area contributed by atoms with Crippen LogP contribution in [0.4, 0.5) is 0 Å². The lowest BCUT2D eigenvalue weighted by atomic mass is 9.92. The van der Waals surface area contributed by atoms with Crippen LogP contribution in [0.5, 0.6) is 0 Å². The summed E-state index contributed by atoms with van der Waals surface area (Å²) in [6.07, 6.45) is 4.08. The predicted molar refractivity (Wildman–Crippen MR) is 100 cm³/mol. The van der Waals surface area contributed by atoms with E-state index in [1.165, 1.54) is 5.56 Å². The Morgan fingerprint density at radius 3 is 2.58 bits per heavy atom. The number of piperidine rings is 2. The molecule has 2 aliphatic rings. The Morgan fingerprint density at radius 2 is 1.92 bits per heavy atom. The largest absolute Gasteiger partial charge is 0.353 e. The van der Waals surface area contributed by atoms with Crippen molar-refractivity contribution in [3.63, 3.8) is 0 Å². The molecule has 3 rings (SSSR count). The molecule has 2 N–H and O–H groups in total. The molecule has 2 aliphatic heterocycles. The van der Waals surface area contributed by atoms with Gasteiger partial charge >= 0.3 is 0 Å². The van der Waals surface area contributed by atoms with Gasteiger partial charge in [-0.15, -0.1) is 12.4 Å². The third-order valence-electron chi connectivity index (χ3n) is 5.18. The van der Waals surface area contributed by atoms with Gasteiger partial charge in [0, 0.05) is 37.6 Å². The van der Waals surface area contributed by atoms with Crippen molar-refractivity contribution in [2.75, 3.05) is 19.6 Å². The number of likely N-dealkylation sites (tertiary alicyclic amines) is 1. The van der Waals surface area contributed by atoms with E-state index in [1.54, 1.807) is 0 Å². The lowest BCUT2D eigenvalue weighted by Crippen LogP contribution is -2.48. The van der Waals surface area contributed by atoms with Crippen LogP contribution in [0, 0.1) is 5.92 Å². The first-order valence-corrected chi connectivity index (χ1v) is 9.01. The molecule has 1 aromatic carbocycles. The lowest BCUT2D eigenvalue weighted by molar-refractivity contribution is -0.127. The number of nitrogens with zero attached hydrogens (tertiary/aromatic N) is 1. The van der Waals surface area contributed by atoms with Crippen molar-refractivity contribution in [1.82, 2.24) is 15.5 Å². The Kier molecular flexibility index (Phi) is 7.53. The van der Waals surface area contributed by atoms with Gasteiger partial charge in [-0.3, -0.25) is 9.69 Å². The molecular weight excluding hydrogens is 322 g/mol. The minimum atomic E-state index is 0. The summed E-state index contributed by atoms with van der Waals surface area (Å²) in [6.45, 7) is 6.30. The second-order valence-corrected chi connectivity index (χ2v) is 7.12. The van der Waals surface area contributed by atoms with E-state index in [0.29, 0.717) is 12.1 Å². The summed E-state index contributed by atoms with van der Waals surface area (Å²) in [7, 11) is 0. The van der Waals surface area contributed by atoms with Crippen molar-refractivity contribution < 1.29 is 4.79 Å². The van der Waals surface area contributed by atoms with Gasteiger partial charge in [-0.1, -0.05) is 30.3 Å². The Balaban J connectivity index is 0.00000208. The molecule has 0 bridgehead atoms. The molecule has 0 aromatic heterocycles. The maximum Gasteiger partial charge on any atom is 0.223 e. The average molecular weight is 352 g/mol. The van der Waals surface area contributed by atoms with Gasteiger partial charge in [0.25, 0.3) is 0 Å². The maximum absolute atomic E-state index is 12.4. The van der Waals surface area contributed by atoms with Crippen molar-refractivity contribution in [3.8, 4) is 0 Å².